The first-order valence-electron chi connectivity index (χ1n) is 9.59. The Kier molecular flexibility index (Phi) is 9.57. The number of nitrogens with zero attached hydrogens (tertiary/aromatic N) is 2. The fourth-order valence-electron chi connectivity index (χ4n) is 2.57. The highest BCUT2D eigenvalue weighted by atomic mass is 32.2. The van der Waals surface area contributed by atoms with E-state index in [4.69, 9.17) is 18.9 Å². The maximum Gasteiger partial charge on any atom is 0.309 e. The lowest BCUT2D eigenvalue weighted by molar-refractivity contribution is -0.144. The van der Waals surface area contributed by atoms with Crippen molar-refractivity contribution in [1.29, 1.82) is 10.5 Å². The van der Waals surface area contributed by atoms with Gasteiger partial charge in [-0.1, -0.05) is 23.5 Å². The lowest BCUT2D eigenvalue weighted by Crippen LogP contribution is -2.11. The molecule has 0 amide bonds. The number of carbonyl (C=O) groups excluding carboxylic acids is 2. The van der Waals surface area contributed by atoms with Crippen molar-refractivity contribution in [2.45, 2.75) is 43.4 Å². The summed E-state index contributed by atoms with van der Waals surface area (Å²) in [5.74, 6) is 0.375. The third-order valence-corrected chi connectivity index (χ3v) is 6.50. The van der Waals surface area contributed by atoms with Crippen molar-refractivity contribution in [2.24, 2.45) is 0 Å². The van der Waals surface area contributed by atoms with Crippen LogP contribution < -0.4 is 9.47 Å². The SMILES string of the molecule is CCOC(=O)CCOc1cc(C)c(OCCC(=O)OCC)c2c1SC(=C(C#N)C#N)S2. The van der Waals surface area contributed by atoms with Gasteiger partial charge >= 0.3 is 11.9 Å². The van der Waals surface area contributed by atoms with E-state index >= 15 is 0 Å². The molecule has 31 heavy (non-hydrogen) atoms. The van der Waals surface area contributed by atoms with Crippen LogP contribution in [-0.2, 0) is 19.1 Å². The zero-order chi connectivity index (χ0) is 22.8. The number of benzene rings is 1. The second-order valence-electron chi connectivity index (χ2n) is 6.08. The number of carbonyl (C=O) groups is 2. The minimum atomic E-state index is -0.353. The van der Waals surface area contributed by atoms with Gasteiger partial charge in [-0.25, -0.2) is 0 Å². The van der Waals surface area contributed by atoms with Crippen LogP contribution in [0.2, 0.25) is 0 Å². The predicted octanol–water partition coefficient (Wildman–Crippen LogP) is 4.12. The molecule has 0 fully saturated rings. The zero-order valence-electron chi connectivity index (χ0n) is 17.5. The number of aryl methyl sites for hydroxylation is 1. The largest absolute Gasteiger partial charge is 0.492 e. The number of fused-ring (bicyclic) bond motifs is 1. The zero-order valence-corrected chi connectivity index (χ0v) is 19.1. The van der Waals surface area contributed by atoms with E-state index in [2.05, 4.69) is 0 Å². The van der Waals surface area contributed by atoms with Crippen LogP contribution >= 0.6 is 23.5 Å². The number of thioether (sulfide) groups is 2. The summed E-state index contributed by atoms with van der Waals surface area (Å²) in [5.41, 5.74) is 0.761. The van der Waals surface area contributed by atoms with Gasteiger partial charge in [-0.05, 0) is 32.4 Å². The Morgan fingerprint density at radius 3 is 2.03 bits per heavy atom. The van der Waals surface area contributed by atoms with Gasteiger partial charge < -0.3 is 18.9 Å². The Balaban J connectivity index is 2.27. The van der Waals surface area contributed by atoms with Gasteiger partial charge in [-0.15, -0.1) is 0 Å². The smallest absolute Gasteiger partial charge is 0.309 e. The number of allylic oxidation sites excluding steroid dienone is 1. The van der Waals surface area contributed by atoms with E-state index in [-0.39, 0.29) is 43.6 Å². The van der Waals surface area contributed by atoms with E-state index < -0.39 is 0 Å². The van der Waals surface area contributed by atoms with Crippen molar-refractivity contribution >= 4 is 35.5 Å². The number of rotatable bonds is 10. The molecular weight excluding hydrogens is 440 g/mol. The molecule has 164 valence electrons. The minimum Gasteiger partial charge on any atom is -0.492 e. The number of esters is 2. The van der Waals surface area contributed by atoms with Gasteiger partial charge in [-0.3, -0.25) is 9.59 Å². The van der Waals surface area contributed by atoms with E-state index in [0.717, 1.165) is 5.56 Å². The maximum absolute atomic E-state index is 11.6. The van der Waals surface area contributed by atoms with E-state index in [1.165, 1.54) is 23.5 Å². The highest BCUT2D eigenvalue weighted by molar-refractivity contribution is 8.24. The van der Waals surface area contributed by atoms with Crippen molar-refractivity contribution in [2.75, 3.05) is 26.4 Å². The quantitative estimate of drug-likeness (QED) is 0.371. The summed E-state index contributed by atoms with van der Waals surface area (Å²) in [6, 6.07) is 5.57. The highest BCUT2D eigenvalue weighted by Crippen LogP contribution is 2.59. The first-order chi connectivity index (χ1) is 14.9. The van der Waals surface area contributed by atoms with Crippen LogP contribution in [0.1, 0.15) is 32.3 Å². The molecule has 1 aliphatic rings. The Labute approximate surface area is 189 Å². The molecule has 0 unspecified atom stereocenters. The molecule has 1 heterocycles. The maximum atomic E-state index is 11.6. The minimum absolute atomic E-state index is 0.00111. The van der Waals surface area contributed by atoms with E-state index in [1.54, 1.807) is 19.9 Å². The number of hydrogen-bond donors (Lipinski definition) is 0. The summed E-state index contributed by atoms with van der Waals surface area (Å²) in [6.07, 6.45) is 0.198. The van der Waals surface area contributed by atoms with E-state index in [0.29, 0.717) is 38.7 Å². The number of hydrogen-bond acceptors (Lipinski definition) is 10. The van der Waals surface area contributed by atoms with Crippen LogP contribution in [0.3, 0.4) is 0 Å². The molecule has 2 rings (SSSR count). The van der Waals surface area contributed by atoms with Crippen molar-refractivity contribution in [1.82, 2.24) is 0 Å². The number of ether oxygens (including phenoxy) is 4. The van der Waals surface area contributed by atoms with Crippen LogP contribution in [0, 0.1) is 29.6 Å². The van der Waals surface area contributed by atoms with E-state index in [1.807, 2.05) is 19.1 Å². The molecule has 10 heteroatoms. The van der Waals surface area contributed by atoms with Gasteiger partial charge in [0.2, 0.25) is 0 Å². The van der Waals surface area contributed by atoms with Crippen LogP contribution in [0.5, 0.6) is 11.5 Å². The van der Waals surface area contributed by atoms with Gasteiger partial charge in [-0.2, -0.15) is 10.5 Å². The lowest BCUT2D eigenvalue weighted by atomic mass is 10.2. The Morgan fingerprint density at radius 2 is 1.48 bits per heavy atom. The molecule has 0 spiro atoms. The fraction of sp³-hybridized carbons (Fsp3) is 0.429. The molecule has 0 N–H and O–H groups in total. The van der Waals surface area contributed by atoms with Crippen molar-refractivity contribution in [3.05, 3.63) is 21.4 Å². The average Bonchev–Trinajstić information content (AvgIpc) is 3.16. The van der Waals surface area contributed by atoms with Gasteiger partial charge in [0.05, 0.1) is 53.3 Å². The first kappa shape index (κ1) is 24.4. The van der Waals surface area contributed by atoms with Gasteiger partial charge in [0.1, 0.15) is 29.2 Å². The normalized spacial score (nSPS) is 11.7. The summed E-state index contributed by atoms with van der Waals surface area (Å²) in [4.78, 5) is 24.6. The molecule has 0 saturated heterocycles. The van der Waals surface area contributed by atoms with Gasteiger partial charge in [0, 0.05) is 0 Å². The molecule has 0 radical (unpaired) electrons. The summed E-state index contributed by atoms with van der Waals surface area (Å²) in [7, 11) is 0. The van der Waals surface area contributed by atoms with Crippen LogP contribution in [0.25, 0.3) is 0 Å². The third-order valence-electron chi connectivity index (χ3n) is 3.89. The molecule has 1 aliphatic heterocycles. The monoisotopic (exact) mass is 462 g/mol. The second kappa shape index (κ2) is 12.1. The lowest BCUT2D eigenvalue weighted by Gasteiger charge is -2.16. The van der Waals surface area contributed by atoms with Crippen LogP contribution in [0.4, 0.5) is 0 Å². The second-order valence-corrected chi connectivity index (χ2v) is 8.38. The molecule has 0 saturated carbocycles. The van der Waals surface area contributed by atoms with Crippen molar-refractivity contribution in [3.8, 4) is 23.6 Å². The summed E-state index contributed by atoms with van der Waals surface area (Å²) < 4.78 is 22.0. The standard InChI is InChI=1S/C21H22N2O6S2/c1-4-26-16(24)6-8-28-15-10-13(3)18(29-9-7-17(25)27-5-2)20-19(15)30-21(31-20)14(11-22)12-23/h10H,4-9H2,1-3H3. The molecule has 8 nitrogen and oxygen atoms in total. The van der Waals surface area contributed by atoms with Crippen LogP contribution in [-0.4, -0.2) is 38.4 Å². The van der Waals surface area contributed by atoms with Crippen LogP contribution in [0.15, 0.2) is 25.7 Å². The third kappa shape index (κ3) is 6.58. The van der Waals surface area contributed by atoms with Crippen molar-refractivity contribution in [3.63, 3.8) is 0 Å². The Bertz CT molecular complexity index is 946. The first-order valence-corrected chi connectivity index (χ1v) is 11.2. The molecule has 1 aromatic rings. The van der Waals surface area contributed by atoms with Gasteiger partial charge in [0.15, 0.2) is 0 Å². The summed E-state index contributed by atoms with van der Waals surface area (Å²) in [5, 5.41) is 18.5. The summed E-state index contributed by atoms with van der Waals surface area (Å²) in [6.45, 7) is 6.16. The molecule has 0 bridgehead atoms. The predicted molar refractivity (Wildman–Crippen MR) is 115 cm³/mol. The topological polar surface area (TPSA) is 119 Å². The molecule has 1 aromatic carbocycles. The fourth-order valence-corrected chi connectivity index (χ4v) is 5.15. The average molecular weight is 463 g/mol. The highest BCUT2D eigenvalue weighted by Gasteiger charge is 2.30. The number of nitriles is 2. The molecule has 0 aliphatic carbocycles. The summed E-state index contributed by atoms with van der Waals surface area (Å²) >= 11 is 2.49. The Morgan fingerprint density at radius 1 is 0.935 bits per heavy atom. The van der Waals surface area contributed by atoms with E-state index in [9.17, 15) is 20.1 Å². The van der Waals surface area contributed by atoms with Gasteiger partial charge in [0.25, 0.3) is 0 Å². The molecular formula is C21H22N2O6S2. The van der Waals surface area contributed by atoms with Crippen molar-refractivity contribution < 1.29 is 28.5 Å². The molecule has 0 atom stereocenters. The molecule has 0 aromatic heterocycles. The Hall–Kier alpha value is -2.82.